The lowest BCUT2D eigenvalue weighted by Gasteiger charge is -2.26. The van der Waals surface area contributed by atoms with Crippen LogP contribution in [0.5, 0.6) is 0 Å². The first-order valence-corrected chi connectivity index (χ1v) is 14.7. The predicted octanol–water partition coefficient (Wildman–Crippen LogP) is 1.74. The van der Waals surface area contributed by atoms with E-state index in [-0.39, 0.29) is 22.1 Å². The molecule has 0 spiro atoms. The summed E-state index contributed by atoms with van der Waals surface area (Å²) in [6.07, 6.45) is 2.54. The van der Waals surface area contributed by atoms with Gasteiger partial charge in [-0.15, -0.1) is 0 Å². The van der Waals surface area contributed by atoms with Gasteiger partial charge in [0.15, 0.2) is 0 Å². The van der Waals surface area contributed by atoms with Crippen LogP contribution < -0.4 is 5.32 Å². The van der Waals surface area contributed by atoms with Crippen LogP contribution in [0.4, 0.5) is 0 Å². The van der Waals surface area contributed by atoms with Crippen molar-refractivity contribution in [1.29, 1.82) is 0 Å². The standard InChI is InChI=1S/C24H31N3O6S2/c28-24(12-7-20-3-8-22(9-4-20)34(29,30)26-13-1-2-14-26)25-19-21-5-10-23(11-6-21)35(31,32)27-15-17-33-18-16-27/h3-6,8-11H,1-2,7,12-19H2,(H,25,28). The fourth-order valence-electron chi connectivity index (χ4n) is 4.17. The van der Waals surface area contributed by atoms with Crippen molar-refractivity contribution in [2.45, 2.75) is 42.0 Å². The van der Waals surface area contributed by atoms with Gasteiger partial charge in [0.1, 0.15) is 0 Å². The third kappa shape index (κ3) is 6.28. The number of aryl methyl sites for hydroxylation is 1. The van der Waals surface area contributed by atoms with Crippen molar-refractivity contribution >= 4 is 26.0 Å². The number of ether oxygens (including phenoxy) is 1. The summed E-state index contributed by atoms with van der Waals surface area (Å²) in [4.78, 5) is 12.8. The van der Waals surface area contributed by atoms with E-state index < -0.39 is 20.0 Å². The number of rotatable bonds is 9. The minimum absolute atomic E-state index is 0.135. The second-order valence-corrected chi connectivity index (χ2v) is 12.6. The zero-order chi connectivity index (χ0) is 24.9. The highest BCUT2D eigenvalue weighted by molar-refractivity contribution is 7.89. The molecular weight excluding hydrogens is 490 g/mol. The van der Waals surface area contributed by atoms with Crippen LogP contribution in [0.2, 0.25) is 0 Å². The first-order chi connectivity index (χ1) is 16.8. The lowest BCUT2D eigenvalue weighted by atomic mass is 10.1. The molecule has 0 saturated carbocycles. The lowest BCUT2D eigenvalue weighted by molar-refractivity contribution is -0.121. The van der Waals surface area contributed by atoms with Crippen molar-refractivity contribution in [3.63, 3.8) is 0 Å². The summed E-state index contributed by atoms with van der Waals surface area (Å²) in [6.45, 7) is 2.90. The minimum Gasteiger partial charge on any atom is -0.379 e. The Morgan fingerprint density at radius 1 is 0.743 bits per heavy atom. The van der Waals surface area contributed by atoms with E-state index in [4.69, 9.17) is 4.74 Å². The quantitative estimate of drug-likeness (QED) is 0.538. The largest absolute Gasteiger partial charge is 0.379 e. The van der Waals surface area contributed by atoms with Crippen LogP contribution in [-0.2, 0) is 42.5 Å². The number of nitrogens with one attached hydrogen (secondary N) is 1. The fourth-order valence-corrected chi connectivity index (χ4v) is 7.09. The SMILES string of the molecule is O=C(CCc1ccc(S(=O)(=O)N2CCCC2)cc1)NCc1ccc(S(=O)(=O)N2CCOCC2)cc1. The van der Waals surface area contributed by atoms with Gasteiger partial charge in [-0.1, -0.05) is 24.3 Å². The van der Waals surface area contributed by atoms with E-state index in [1.165, 1.54) is 8.61 Å². The smallest absolute Gasteiger partial charge is 0.243 e. The molecule has 190 valence electrons. The third-order valence-corrected chi connectivity index (χ3v) is 10.1. The number of sulfonamides is 2. The van der Waals surface area contributed by atoms with Gasteiger partial charge in [-0.25, -0.2) is 16.8 Å². The van der Waals surface area contributed by atoms with E-state index in [1.54, 1.807) is 48.5 Å². The first kappa shape index (κ1) is 25.8. The van der Waals surface area contributed by atoms with E-state index in [9.17, 15) is 21.6 Å². The normalized spacial score (nSPS) is 17.9. The molecule has 0 radical (unpaired) electrons. The van der Waals surface area contributed by atoms with Gasteiger partial charge >= 0.3 is 0 Å². The van der Waals surface area contributed by atoms with Crippen molar-refractivity contribution < 1.29 is 26.4 Å². The van der Waals surface area contributed by atoms with Crippen molar-refractivity contribution in [2.24, 2.45) is 0 Å². The monoisotopic (exact) mass is 521 g/mol. The van der Waals surface area contributed by atoms with Gasteiger partial charge in [-0.3, -0.25) is 4.79 Å². The third-order valence-electron chi connectivity index (χ3n) is 6.29. The number of morpholine rings is 1. The molecule has 0 unspecified atom stereocenters. The van der Waals surface area contributed by atoms with E-state index in [2.05, 4.69) is 5.32 Å². The number of carbonyl (C=O) groups excluding carboxylic acids is 1. The second kappa shape index (κ2) is 11.2. The zero-order valence-electron chi connectivity index (χ0n) is 19.6. The molecule has 0 aromatic heterocycles. The van der Waals surface area contributed by atoms with Gasteiger partial charge in [0.25, 0.3) is 0 Å². The van der Waals surface area contributed by atoms with Crippen LogP contribution in [0, 0.1) is 0 Å². The first-order valence-electron chi connectivity index (χ1n) is 11.8. The number of nitrogens with zero attached hydrogens (tertiary/aromatic N) is 2. The Kier molecular flexibility index (Phi) is 8.23. The molecule has 2 aromatic carbocycles. The lowest BCUT2D eigenvalue weighted by Crippen LogP contribution is -2.40. The summed E-state index contributed by atoms with van der Waals surface area (Å²) in [6, 6.07) is 13.2. The van der Waals surface area contributed by atoms with E-state index in [0.717, 1.165) is 24.0 Å². The number of amides is 1. The molecule has 9 nitrogen and oxygen atoms in total. The highest BCUT2D eigenvalue weighted by Crippen LogP contribution is 2.21. The summed E-state index contributed by atoms with van der Waals surface area (Å²) >= 11 is 0. The summed E-state index contributed by atoms with van der Waals surface area (Å²) < 4.78 is 58.8. The molecule has 0 atom stereocenters. The molecule has 11 heteroatoms. The molecule has 2 fully saturated rings. The van der Waals surface area contributed by atoms with Gasteiger partial charge in [0, 0.05) is 39.1 Å². The molecule has 35 heavy (non-hydrogen) atoms. The Morgan fingerprint density at radius 2 is 1.23 bits per heavy atom. The molecule has 2 saturated heterocycles. The highest BCUT2D eigenvalue weighted by atomic mass is 32.2. The Morgan fingerprint density at radius 3 is 1.77 bits per heavy atom. The molecule has 2 aliphatic rings. The zero-order valence-corrected chi connectivity index (χ0v) is 21.2. The number of hydrogen-bond acceptors (Lipinski definition) is 6. The van der Waals surface area contributed by atoms with Crippen LogP contribution in [0.1, 0.15) is 30.4 Å². The maximum Gasteiger partial charge on any atom is 0.243 e. The van der Waals surface area contributed by atoms with Crippen molar-refractivity contribution in [2.75, 3.05) is 39.4 Å². The second-order valence-electron chi connectivity index (χ2n) is 8.69. The molecule has 2 aliphatic heterocycles. The Balaban J connectivity index is 1.25. The summed E-state index contributed by atoms with van der Waals surface area (Å²) in [5, 5.41) is 2.85. The molecule has 0 bridgehead atoms. The molecule has 0 aliphatic carbocycles. The van der Waals surface area contributed by atoms with Crippen molar-refractivity contribution in [1.82, 2.24) is 13.9 Å². The van der Waals surface area contributed by atoms with Crippen molar-refractivity contribution in [3.05, 3.63) is 59.7 Å². The Bertz CT molecular complexity index is 1220. The van der Waals surface area contributed by atoms with Crippen molar-refractivity contribution in [3.8, 4) is 0 Å². The number of hydrogen-bond donors (Lipinski definition) is 1. The van der Waals surface area contributed by atoms with Crippen LogP contribution in [0.15, 0.2) is 58.3 Å². The molecular formula is C24H31N3O6S2. The van der Waals surface area contributed by atoms with E-state index in [1.807, 2.05) is 0 Å². The highest BCUT2D eigenvalue weighted by Gasteiger charge is 2.27. The van der Waals surface area contributed by atoms with Gasteiger partial charge < -0.3 is 10.1 Å². The average molecular weight is 522 g/mol. The molecule has 1 N–H and O–H groups in total. The number of benzene rings is 2. The van der Waals surface area contributed by atoms with Gasteiger partial charge in [0.2, 0.25) is 26.0 Å². The van der Waals surface area contributed by atoms with E-state index >= 15 is 0 Å². The predicted molar refractivity (Wildman–Crippen MR) is 131 cm³/mol. The summed E-state index contributed by atoms with van der Waals surface area (Å²) in [5.74, 6) is -0.135. The fraction of sp³-hybridized carbons (Fsp3) is 0.458. The number of carbonyl (C=O) groups is 1. The van der Waals surface area contributed by atoms with Crippen LogP contribution >= 0.6 is 0 Å². The van der Waals surface area contributed by atoms with Gasteiger partial charge in [0.05, 0.1) is 23.0 Å². The van der Waals surface area contributed by atoms with Gasteiger partial charge in [-0.2, -0.15) is 8.61 Å². The Labute approximate surface area is 207 Å². The maximum atomic E-state index is 12.7. The van der Waals surface area contributed by atoms with Crippen LogP contribution in [0.25, 0.3) is 0 Å². The summed E-state index contributed by atoms with van der Waals surface area (Å²) in [7, 11) is -6.98. The topological polar surface area (TPSA) is 113 Å². The minimum atomic E-state index is -3.54. The molecule has 2 aromatic rings. The van der Waals surface area contributed by atoms with Crippen LogP contribution in [0.3, 0.4) is 0 Å². The van der Waals surface area contributed by atoms with Crippen LogP contribution in [-0.4, -0.2) is 70.7 Å². The average Bonchev–Trinajstić information content (AvgIpc) is 3.43. The molecule has 4 rings (SSSR count). The van der Waals surface area contributed by atoms with E-state index in [0.29, 0.717) is 52.4 Å². The molecule has 1 amide bonds. The Hall–Kier alpha value is -2.31. The van der Waals surface area contributed by atoms with Gasteiger partial charge in [-0.05, 0) is 54.7 Å². The molecule has 2 heterocycles. The maximum absolute atomic E-state index is 12.7. The summed E-state index contributed by atoms with van der Waals surface area (Å²) in [5.41, 5.74) is 1.69.